The van der Waals surface area contributed by atoms with Gasteiger partial charge in [-0.2, -0.15) is 0 Å². The maximum atomic E-state index is 11.9. The highest BCUT2D eigenvalue weighted by Gasteiger charge is 2.26. The monoisotopic (exact) mass is 425 g/mol. The Balaban J connectivity index is 1.54. The number of hydrogen-bond donors (Lipinski definition) is 0. The fraction of sp³-hybridized carbons (Fsp3) is 0.500. The van der Waals surface area contributed by atoms with Crippen molar-refractivity contribution in [2.45, 2.75) is 57.6 Å². The molecule has 0 amide bonds. The highest BCUT2D eigenvalue weighted by molar-refractivity contribution is 5.71. The van der Waals surface area contributed by atoms with E-state index < -0.39 is 0 Å². The standard InChI is InChI=1S/C26H35NO4/c1-29-25-17-22(12-7-9-15-31-20-21-10-4-3-5-11-21)16-24(18-25)27-14-8-6-13-23(27)19-26(28)30-2/h3-5,10-11,16-18,23H,6-9,12-15,19-20H2,1-2H3. The van der Waals surface area contributed by atoms with Gasteiger partial charge in [0.25, 0.3) is 0 Å². The van der Waals surface area contributed by atoms with Gasteiger partial charge >= 0.3 is 5.97 Å². The van der Waals surface area contributed by atoms with Gasteiger partial charge in [-0.25, -0.2) is 0 Å². The molecule has 0 spiro atoms. The number of hydrogen-bond acceptors (Lipinski definition) is 5. The summed E-state index contributed by atoms with van der Waals surface area (Å²) in [6, 6.07) is 16.9. The number of nitrogens with zero attached hydrogens (tertiary/aromatic N) is 1. The van der Waals surface area contributed by atoms with Crippen LogP contribution < -0.4 is 9.64 Å². The third kappa shape index (κ3) is 7.28. The summed E-state index contributed by atoms with van der Waals surface area (Å²) >= 11 is 0. The molecule has 0 bridgehead atoms. The number of piperidine rings is 1. The molecule has 1 heterocycles. The minimum absolute atomic E-state index is 0.143. The lowest BCUT2D eigenvalue weighted by atomic mass is 9.97. The minimum Gasteiger partial charge on any atom is -0.497 e. The topological polar surface area (TPSA) is 48.0 Å². The molecule has 1 aliphatic rings. The van der Waals surface area contributed by atoms with E-state index in [0.717, 1.165) is 63.1 Å². The zero-order valence-corrected chi connectivity index (χ0v) is 18.8. The number of rotatable bonds is 11. The summed E-state index contributed by atoms with van der Waals surface area (Å²) < 4.78 is 16.3. The second kappa shape index (κ2) is 12.4. The first kappa shape index (κ1) is 23.1. The molecule has 5 nitrogen and oxygen atoms in total. The molecule has 3 rings (SSSR count). The van der Waals surface area contributed by atoms with Crippen molar-refractivity contribution in [2.75, 3.05) is 32.3 Å². The van der Waals surface area contributed by atoms with Crippen molar-refractivity contribution < 1.29 is 19.0 Å². The van der Waals surface area contributed by atoms with Crippen LogP contribution in [0.15, 0.2) is 48.5 Å². The second-order valence-corrected chi connectivity index (χ2v) is 8.16. The first-order chi connectivity index (χ1) is 15.2. The van der Waals surface area contributed by atoms with Crippen LogP contribution >= 0.6 is 0 Å². The van der Waals surface area contributed by atoms with E-state index in [1.807, 2.05) is 18.2 Å². The quantitative estimate of drug-likeness (QED) is 0.368. The highest BCUT2D eigenvalue weighted by atomic mass is 16.5. The Morgan fingerprint density at radius 3 is 2.65 bits per heavy atom. The van der Waals surface area contributed by atoms with Gasteiger partial charge in [-0.3, -0.25) is 4.79 Å². The number of aryl methyl sites for hydroxylation is 1. The Hall–Kier alpha value is -2.53. The number of carbonyl (C=O) groups is 1. The van der Waals surface area contributed by atoms with Crippen LogP contribution in [0.4, 0.5) is 5.69 Å². The number of esters is 1. The fourth-order valence-corrected chi connectivity index (χ4v) is 4.20. The number of carbonyl (C=O) groups excluding carboxylic acids is 1. The lowest BCUT2D eigenvalue weighted by molar-refractivity contribution is -0.141. The van der Waals surface area contributed by atoms with Crippen LogP contribution in [0.1, 0.15) is 49.7 Å². The zero-order valence-electron chi connectivity index (χ0n) is 18.8. The Morgan fingerprint density at radius 1 is 1.03 bits per heavy atom. The van der Waals surface area contributed by atoms with Crippen molar-refractivity contribution in [3.05, 3.63) is 59.7 Å². The molecule has 2 aromatic carbocycles. The molecule has 31 heavy (non-hydrogen) atoms. The lowest BCUT2D eigenvalue weighted by Crippen LogP contribution is -2.41. The van der Waals surface area contributed by atoms with E-state index >= 15 is 0 Å². The van der Waals surface area contributed by atoms with E-state index in [4.69, 9.17) is 14.2 Å². The lowest BCUT2D eigenvalue weighted by Gasteiger charge is -2.37. The van der Waals surface area contributed by atoms with Gasteiger partial charge in [-0.15, -0.1) is 0 Å². The van der Waals surface area contributed by atoms with Crippen LogP contribution in [0, 0.1) is 0 Å². The van der Waals surface area contributed by atoms with Crippen LogP contribution in [0.25, 0.3) is 0 Å². The normalized spacial score (nSPS) is 16.2. The number of benzene rings is 2. The summed E-state index contributed by atoms with van der Waals surface area (Å²) in [5.41, 5.74) is 3.62. The maximum absolute atomic E-state index is 11.9. The summed E-state index contributed by atoms with van der Waals surface area (Å²) in [5, 5.41) is 0. The van der Waals surface area contributed by atoms with E-state index in [2.05, 4.69) is 35.2 Å². The molecule has 1 aliphatic heterocycles. The average molecular weight is 426 g/mol. The van der Waals surface area contributed by atoms with E-state index in [1.54, 1.807) is 7.11 Å². The first-order valence-corrected chi connectivity index (χ1v) is 11.3. The van der Waals surface area contributed by atoms with Gasteiger partial charge in [0.05, 0.1) is 27.2 Å². The molecule has 1 unspecified atom stereocenters. The minimum atomic E-state index is -0.143. The van der Waals surface area contributed by atoms with Crippen molar-refractivity contribution in [3.63, 3.8) is 0 Å². The fourth-order valence-electron chi connectivity index (χ4n) is 4.20. The third-order valence-electron chi connectivity index (χ3n) is 5.89. The Morgan fingerprint density at radius 2 is 1.87 bits per heavy atom. The highest BCUT2D eigenvalue weighted by Crippen LogP contribution is 2.31. The van der Waals surface area contributed by atoms with Crippen molar-refractivity contribution in [3.8, 4) is 5.75 Å². The van der Waals surface area contributed by atoms with Gasteiger partial charge in [0.15, 0.2) is 0 Å². The van der Waals surface area contributed by atoms with Crippen LogP contribution in [0.5, 0.6) is 5.75 Å². The summed E-state index contributed by atoms with van der Waals surface area (Å²) in [6.07, 6.45) is 6.80. The van der Waals surface area contributed by atoms with E-state index in [-0.39, 0.29) is 12.0 Å². The zero-order chi connectivity index (χ0) is 21.9. The van der Waals surface area contributed by atoms with Gasteiger partial charge in [-0.05, 0) is 61.8 Å². The SMILES string of the molecule is COC(=O)CC1CCCCN1c1cc(CCCCOCc2ccccc2)cc(OC)c1. The molecule has 1 saturated heterocycles. The summed E-state index contributed by atoms with van der Waals surface area (Å²) in [5.74, 6) is 0.728. The smallest absolute Gasteiger partial charge is 0.307 e. The number of anilines is 1. The van der Waals surface area contributed by atoms with Crippen molar-refractivity contribution in [1.82, 2.24) is 0 Å². The summed E-state index contributed by atoms with van der Waals surface area (Å²) in [4.78, 5) is 14.2. The van der Waals surface area contributed by atoms with Crippen molar-refractivity contribution >= 4 is 11.7 Å². The molecule has 0 saturated carbocycles. The van der Waals surface area contributed by atoms with E-state index in [9.17, 15) is 4.79 Å². The largest absolute Gasteiger partial charge is 0.497 e. The summed E-state index contributed by atoms with van der Waals surface area (Å²) in [7, 11) is 3.17. The predicted molar refractivity (Wildman–Crippen MR) is 124 cm³/mol. The van der Waals surface area contributed by atoms with Crippen LogP contribution in [-0.2, 0) is 27.3 Å². The summed E-state index contributed by atoms with van der Waals surface area (Å²) in [6.45, 7) is 2.39. The van der Waals surface area contributed by atoms with Gasteiger partial charge < -0.3 is 19.1 Å². The molecule has 1 fully saturated rings. The van der Waals surface area contributed by atoms with Gasteiger partial charge in [0, 0.05) is 30.9 Å². The van der Waals surface area contributed by atoms with Crippen molar-refractivity contribution in [2.24, 2.45) is 0 Å². The molecule has 2 aromatic rings. The van der Waals surface area contributed by atoms with E-state index in [1.165, 1.54) is 18.2 Å². The molecule has 0 N–H and O–H groups in total. The van der Waals surface area contributed by atoms with Crippen LogP contribution in [0.2, 0.25) is 0 Å². The molecule has 1 atom stereocenters. The molecule has 0 aliphatic carbocycles. The molecule has 5 heteroatoms. The Kier molecular flexibility index (Phi) is 9.22. The Bertz CT molecular complexity index is 808. The molecule has 0 aromatic heterocycles. The molecule has 168 valence electrons. The van der Waals surface area contributed by atoms with Gasteiger partial charge in [0.2, 0.25) is 0 Å². The average Bonchev–Trinajstić information content (AvgIpc) is 2.82. The van der Waals surface area contributed by atoms with E-state index in [0.29, 0.717) is 13.0 Å². The van der Waals surface area contributed by atoms with Gasteiger partial charge in [-0.1, -0.05) is 30.3 Å². The number of unbranched alkanes of at least 4 members (excludes halogenated alkanes) is 1. The number of methoxy groups -OCH3 is 2. The predicted octanol–water partition coefficient (Wildman–Crippen LogP) is 5.16. The molecular weight excluding hydrogens is 390 g/mol. The van der Waals surface area contributed by atoms with Crippen molar-refractivity contribution in [1.29, 1.82) is 0 Å². The van der Waals surface area contributed by atoms with Crippen LogP contribution in [-0.4, -0.2) is 39.4 Å². The molecular formula is C26H35NO4. The second-order valence-electron chi connectivity index (χ2n) is 8.16. The third-order valence-corrected chi connectivity index (χ3v) is 5.89. The maximum Gasteiger partial charge on any atom is 0.307 e. The first-order valence-electron chi connectivity index (χ1n) is 11.3. The van der Waals surface area contributed by atoms with Crippen LogP contribution in [0.3, 0.4) is 0 Å². The van der Waals surface area contributed by atoms with Gasteiger partial charge in [0.1, 0.15) is 5.75 Å². The number of ether oxygens (including phenoxy) is 3. The Labute approximate surface area is 186 Å². The molecule has 0 radical (unpaired) electrons.